The molecule has 0 unspecified atom stereocenters. The summed E-state index contributed by atoms with van der Waals surface area (Å²) in [6.45, 7) is 16.7. The van der Waals surface area contributed by atoms with Gasteiger partial charge in [-0.25, -0.2) is 14.8 Å². The van der Waals surface area contributed by atoms with Crippen molar-refractivity contribution in [1.82, 2.24) is 34.9 Å². The van der Waals surface area contributed by atoms with Crippen LogP contribution in [0, 0.1) is 17.8 Å². The normalized spacial score (nSPS) is 18.0. The van der Waals surface area contributed by atoms with Gasteiger partial charge in [-0.15, -0.1) is 0 Å². The number of nitrogens with one attached hydrogen (secondary N) is 2. The monoisotopic (exact) mass is 1210 g/mol. The van der Waals surface area contributed by atoms with Crippen LogP contribution >= 0.6 is 0 Å². The predicted octanol–water partition coefficient (Wildman–Crippen LogP) is 7.46. The molecular weight excluding hydrogens is 1110 g/mol. The molecule has 3 radical (unpaired) electrons. The minimum absolute atomic E-state index is 0. The summed E-state index contributed by atoms with van der Waals surface area (Å²) >= 11 is 0. The third-order valence-corrected chi connectivity index (χ3v) is 16.2. The molecule has 8 rings (SSSR count). The molecule has 2 amide bonds. The molecule has 473 valence electrons. The Morgan fingerprint density at radius 2 is 1.19 bits per heavy atom. The largest absolute Gasteiger partial charge is 1.00 e. The van der Waals surface area contributed by atoms with Crippen LogP contribution in [-0.2, 0) is 57.7 Å². The summed E-state index contributed by atoms with van der Waals surface area (Å²) in [5.74, 6) is -0.600. The molecule has 2 aromatic heterocycles. The summed E-state index contributed by atoms with van der Waals surface area (Å²) in [5, 5.41) is 14.8. The number of rotatable bonds is 21. The number of likely N-dealkylation sites (tertiary alicyclic amines) is 1. The van der Waals surface area contributed by atoms with Gasteiger partial charge in [-0.3, -0.25) is 19.4 Å². The fourth-order valence-electron chi connectivity index (χ4n) is 11.1. The van der Waals surface area contributed by atoms with Gasteiger partial charge in [-0.1, -0.05) is 107 Å². The number of carbonyl (C=O) groups excluding carboxylic acids is 3. The molecule has 5 aromatic rings. The van der Waals surface area contributed by atoms with E-state index in [1.54, 1.807) is 17.0 Å². The Labute approximate surface area is 553 Å². The zero-order valence-electron chi connectivity index (χ0n) is 56.4. The van der Waals surface area contributed by atoms with Gasteiger partial charge in [0.05, 0.1) is 17.9 Å². The minimum Gasteiger partial charge on any atom is -1.00 e. The minimum atomic E-state index is -1.43. The number of hydrogen-bond acceptors (Lipinski definition) is 13. The number of aliphatic carboxylic acids is 1. The van der Waals surface area contributed by atoms with Gasteiger partial charge in [0.15, 0.2) is 0 Å². The maximum absolute atomic E-state index is 13.2. The Kier molecular flexibility index (Phi) is 34.8. The number of amides is 2. The number of nitrogen functional groups attached to an aromatic ring is 2. The Balaban J connectivity index is 0.000000420. The number of pyridine rings is 2. The van der Waals surface area contributed by atoms with Gasteiger partial charge >= 0.3 is 47.3 Å². The molecule has 0 spiro atoms. The van der Waals surface area contributed by atoms with Crippen molar-refractivity contribution >= 4 is 55.0 Å². The molecule has 0 bridgehead atoms. The van der Waals surface area contributed by atoms with E-state index in [9.17, 15) is 19.2 Å². The van der Waals surface area contributed by atoms with E-state index in [0.29, 0.717) is 54.2 Å². The number of piperidine rings is 2. The summed E-state index contributed by atoms with van der Waals surface area (Å²) in [4.78, 5) is 68.6. The van der Waals surface area contributed by atoms with Crippen LogP contribution in [-0.4, -0.2) is 154 Å². The predicted molar refractivity (Wildman–Crippen MR) is 360 cm³/mol. The Morgan fingerprint density at radius 3 is 1.73 bits per heavy atom. The Hall–Kier alpha value is -5.79. The van der Waals surface area contributed by atoms with Crippen LogP contribution in [0.25, 0.3) is 0 Å². The first kappa shape index (κ1) is 76.5. The van der Waals surface area contributed by atoms with Gasteiger partial charge in [-0.05, 0) is 238 Å². The molecule has 3 aliphatic heterocycles. The number of aryl methyl sites for hydroxylation is 5. The van der Waals surface area contributed by atoms with Gasteiger partial charge in [0.1, 0.15) is 11.6 Å². The summed E-state index contributed by atoms with van der Waals surface area (Å²) in [6, 6.07) is 30.6. The SMILES string of the molecule is CCc1cc(CC(=O)C(=O)O)cnc1N.CCc1cc(NC(=O)C(=O)N2C[C@@H](C)CC[C@@H]2c2cccc(CCCN(C)C)c2)cnc1N.C[C@H]1CCC(c2cccc(CCCN(C)C)c2)=NC1.C[C@H]1CC[C@H](c2cccc(CCCN(C)C)c2)NC1.[B].[H-].[Na+]. The van der Waals surface area contributed by atoms with Gasteiger partial charge in [0, 0.05) is 45.9 Å². The van der Waals surface area contributed by atoms with E-state index in [1.165, 1.54) is 91.0 Å². The van der Waals surface area contributed by atoms with E-state index in [2.05, 4.69) is 171 Å². The third kappa shape index (κ3) is 26.7. The molecule has 2 fully saturated rings. The Morgan fingerprint density at radius 1 is 0.659 bits per heavy atom. The van der Waals surface area contributed by atoms with E-state index in [1.807, 2.05) is 13.8 Å². The first-order chi connectivity index (χ1) is 41.1. The summed E-state index contributed by atoms with van der Waals surface area (Å²) in [7, 11) is 12.7. The number of carboxylic acids is 1. The second-order valence-electron chi connectivity index (χ2n) is 24.9. The smallest absolute Gasteiger partial charge is 1.00 e. The molecule has 5 heterocycles. The van der Waals surface area contributed by atoms with Gasteiger partial charge in [0.25, 0.3) is 0 Å². The van der Waals surface area contributed by atoms with Crippen molar-refractivity contribution in [2.45, 2.75) is 143 Å². The molecule has 18 heteroatoms. The van der Waals surface area contributed by atoms with E-state index < -0.39 is 23.6 Å². The van der Waals surface area contributed by atoms with Crippen LogP contribution in [0.2, 0.25) is 0 Å². The van der Waals surface area contributed by atoms with Crippen molar-refractivity contribution in [3.8, 4) is 0 Å². The summed E-state index contributed by atoms with van der Waals surface area (Å²) < 4.78 is 0. The van der Waals surface area contributed by atoms with E-state index in [4.69, 9.17) is 21.6 Å². The number of carbonyl (C=O) groups is 4. The zero-order valence-corrected chi connectivity index (χ0v) is 57.4. The van der Waals surface area contributed by atoms with Crippen LogP contribution < -0.4 is 51.7 Å². The number of aromatic nitrogens is 2. The van der Waals surface area contributed by atoms with Crippen molar-refractivity contribution in [3.63, 3.8) is 0 Å². The first-order valence-electron chi connectivity index (χ1n) is 31.5. The standard InChI is InChI=1S/C26H37N5O2.C17H28N2.C17H26N2.C10H12N2O3.B.Na.H/c1-5-20-15-22(16-28-24(20)27)29-25(32)26(33)31-17-18(2)11-12-23(31)21-10-6-8-19(14-21)9-7-13-30(3)4;2*1-14-9-10-17(18-13-14)16-8-4-6-15(12-16)7-5-11-19(2)3;1-2-7-3-6(5-12-9(7)11)4-8(13)10(14)15;;;/h6,8,10,14-16,18,23H,5,7,9,11-13,17H2,1-4H3,(H2,27,28)(H,29,32);4,6,8,12,14,17-18H,5,7,9-11,13H2,1-3H3;4,6,8,12,14H,5,7,9-11,13H2,1-3H3;3,5H,2,4H2,1H3,(H2,11,12)(H,14,15);;;/q;;;;;+1;-1/t18-,23+;14-,17+;14-;;;;/m000..../s1. The number of benzene rings is 3. The van der Waals surface area contributed by atoms with E-state index in [-0.39, 0.29) is 51.9 Å². The van der Waals surface area contributed by atoms with Crippen LogP contribution in [0.5, 0.6) is 0 Å². The van der Waals surface area contributed by atoms with Crippen molar-refractivity contribution < 1.29 is 55.3 Å². The van der Waals surface area contributed by atoms with Crippen molar-refractivity contribution in [2.75, 3.05) is 98.3 Å². The number of nitrogens with zero attached hydrogens (tertiary/aromatic N) is 7. The van der Waals surface area contributed by atoms with E-state index >= 15 is 0 Å². The summed E-state index contributed by atoms with van der Waals surface area (Å²) in [5.41, 5.74) is 23.6. The number of nitrogens with two attached hydrogens (primary N) is 2. The molecule has 0 saturated carbocycles. The zero-order chi connectivity index (χ0) is 62.7. The van der Waals surface area contributed by atoms with Gasteiger partial charge < -0.3 is 48.2 Å². The molecule has 7 N–H and O–H groups in total. The molecule has 0 aliphatic carbocycles. The van der Waals surface area contributed by atoms with Gasteiger partial charge in [-0.2, -0.15) is 0 Å². The quantitative estimate of drug-likeness (QED) is 0.0357. The third-order valence-electron chi connectivity index (χ3n) is 16.2. The Bertz CT molecular complexity index is 2980. The number of ketones is 1. The second kappa shape index (κ2) is 40.1. The molecule has 3 aliphatic rings. The molecule has 16 nitrogen and oxygen atoms in total. The number of aliphatic imine (C=N–C) groups is 1. The average molecular weight is 1210 g/mol. The fourth-order valence-corrected chi connectivity index (χ4v) is 11.1. The van der Waals surface area contributed by atoms with Crippen LogP contribution in [0.3, 0.4) is 0 Å². The second-order valence-corrected chi connectivity index (χ2v) is 24.9. The van der Waals surface area contributed by atoms with Crippen LogP contribution in [0.1, 0.15) is 156 Å². The number of Topliss-reactive ketones (excluding diaryl/α,β-unsaturated/α-hetero) is 1. The maximum Gasteiger partial charge on any atom is 1.00 e. The molecule has 88 heavy (non-hydrogen) atoms. The van der Waals surface area contributed by atoms with Crippen molar-refractivity contribution in [1.29, 1.82) is 0 Å². The van der Waals surface area contributed by atoms with Crippen molar-refractivity contribution in [3.05, 3.63) is 147 Å². The molecular formula is C70H104BN11NaO5. The molecule has 5 atom stereocenters. The number of hydrogen-bond donors (Lipinski definition) is 5. The van der Waals surface area contributed by atoms with Gasteiger partial charge in [0.2, 0.25) is 5.78 Å². The fraction of sp³-hybridized carbons (Fsp3) is 0.529. The maximum atomic E-state index is 13.2. The molecule has 2 saturated heterocycles. The molecule has 3 aromatic carbocycles. The summed E-state index contributed by atoms with van der Waals surface area (Å²) in [6.07, 6.45) is 18.0. The van der Waals surface area contributed by atoms with E-state index in [0.717, 1.165) is 93.2 Å². The average Bonchev–Trinajstić information content (AvgIpc) is 3.67. The van der Waals surface area contributed by atoms with Crippen LogP contribution in [0.15, 0.2) is 102 Å². The van der Waals surface area contributed by atoms with Crippen molar-refractivity contribution in [2.24, 2.45) is 22.7 Å². The van der Waals surface area contributed by atoms with Crippen LogP contribution in [0.4, 0.5) is 17.3 Å². The topological polar surface area (TPSA) is 216 Å². The number of carboxylic acid groups (broad SMARTS) is 1. The first-order valence-corrected chi connectivity index (χ1v) is 31.5. The number of anilines is 3.